The quantitative estimate of drug-likeness (QED) is 0.408. The van der Waals surface area contributed by atoms with E-state index in [1.165, 1.54) is 5.56 Å². The zero-order valence-electron chi connectivity index (χ0n) is 22.1. The molecule has 1 unspecified atom stereocenters. The highest BCUT2D eigenvalue weighted by Gasteiger charge is 2.50. The van der Waals surface area contributed by atoms with Crippen LogP contribution in [0.1, 0.15) is 54.4 Å². The molecule has 2 fully saturated rings. The van der Waals surface area contributed by atoms with E-state index in [2.05, 4.69) is 29.7 Å². The molecule has 0 radical (unpaired) electrons. The summed E-state index contributed by atoms with van der Waals surface area (Å²) in [6, 6.07) is 10.3. The van der Waals surface area contributed by atoms with Crippen LogP contribution in [0.15, 0.2) is 42.5 Å². The maximum absolute atomic E-state index is 14.1. The van der Waals surface area contributed by atoms with Crippen LogP contribution in [0.3, 0.4) is 0 Å². The molecule has 7 nitrogen and oxygen atoms in total. The summed E-state index contributed by atoms with van der Waals surface area (Å²) in [7, 11) is 1.67. The van der Waals surface area contributed by atoms with Gasteiger partial charge < -0.3 is 25.0 Å². The number of amides is 2. The Hall–Kier alpha value is -3.04. The first kappa shape index (κ1) is 28.0. The van der Waals surface area contributed by atoms with Gasteiger partial charge in [-0.1, -0.05) is 19.1 Å². The zero-order valence-corrected chi connectivity index (χ0v) is 22.1. The van der Waals surface area contributed by atoms with Gasteiger partial charge in [0.15, 0.2) is 0 Å². The molecule has 2 aromatic carbocycles. The van der Waals surface area contributed by atoms with Crippen LogP contribution >= 0.6 is 0 Å². The van der Waals surface area contributed by atoms with Crippen molar-refractivity contribution in [3.8, 4) is 5.75 Å². The molecule has 0 spiro atoms. The van der Waals surface area contributed by atoms with Gasteiger partial charge in [0.05, 0.1) is 25.9 Å². The Kier molecular flexibility index (Phi) is 9.33. The minimum absolute atomic E-state index is 0.204. The summed E-state index contributed by atoms with van der Waals surface area (Å²) in [5, 5.41) is 6.23. The monoisotopic (exact) mass is 529 g/mol. The molecule has 4 rings (SSSR count). The van der Waals surface area contributed by atoms with Crippen molar-refractivity contribution < 1.29 is 27.8 Å². The van der Waals surface area contributed by atoms with Crippen LogP contribution in [0, 0.1) is 17.0 Å². The largest absolute Gasteiger partial charge is 0.497 e. The number of benzene rings is 2. The van der Waals surface area contributed by atoms with E-state index < -0.39 is 23.6 Å². The van der Waals surface area contributed by atoms with Gasteiger partial charge in [-0.25, -0.2) is 8.78 Å². The van der Waals surface area contributed by atoms with Crippen molar-refractivity contribution in [1.29, 1.82) is 0 Å². The van der Waals surface area contributed by atoms with E-state index in [0.29, 0.717) is 51.1 Å². The third-order valence-electron chi connectivity index (χ3n) is 7.60. The molecule has 2 N–H and O–H groups in total. The van der Waals surface area contributed by atoms with Crippen LogP contribution in [0.2, 0.25) is 0 Å². The predicted molar refractivity (Wildman–Crippen MR) is 140 cm³/mol. The van der Waals surface area contributed by atoms with Gasteiger partial charge in [-0.15, -0.1) is 0 Å². The molecule has 206 valence electrons. The van der Waals surface area contributed by atoms with Crippen LogP contribution in [0.4, 0.5) is 8.78 Å². The first-order chi connectivity index (χ1) is 18.3. The first-order valence-corrected chi connectivity index (χ1v) is 13.3. The number of halogens is 2. The van der Waals surface area contributed by atoms with Gasteiger partial charge in [0.1, 0.15) is 23.4 Å². The van der Waals surface area contributed by atoms with Gasteiger partial charge in [-0.05, 0) is 73.4 Å². The fraction of sp³-hybridized carbons (Fsp3) is 0.517. The van der Waals surface area contributed by atoms with Crippen LogP contribution in [-0.4, -0.2) is 69.3 Å². The number of nitrogens with one attached hydrogen (secondary N) is 2. The summed E-state index contributed by atoms with van der Waals surface area (Å²) in [5.41, 5.74) is 1.27. The first-order valence-electron chi connectivity index (χ1n) is 13.3. The summed E-state index contributed by atoms with van der Waals surface area (Å²) < 4.78 is 38.0. The lowest BCUT2D eigenvalue weighted by atomic mass is 10.0. The number of hydrogen-bond acceptors (Lipinski definition) is 5. The average Bonchev–Trinajstić information content (AvgIpc) is 3.60. The number of rotatable bonds is 12. The smallest absolute Gasteiger partial charge is 0.254 e. The Labute approximate surface area is 222 Å². The van der Waals surface area contributed by atoms with Gasteiger partial charge in [0.2, 0.25) is 5.91 Å². The molecule has 3 atom stereocenters. The number of unbranched alkanes of at least 4 members (excludes halogenated alkanes) is 1. The standard InChI is InChI=1S/C29H37F2N3O4/c1-29(18-24(29)20-6-9-22(37-2)10-7-20)19-32-12-4-3-5-26(28(36)34-13-15-38-16-14-34)33-27(35)23-11-8-21(30)17-25(23)31/h6-11,17,24,26,32H,3-5,12-16,18-19H2,1-2H3,(H,33,35)/t24-,26-,29?/m0/s1. The minimum Gasteiger partial charge on any atom is -0.497 e. The van der Waals surface area contributed by atoms with Crippen molar-refractivity contribution in [1.82, 2.24) is 15.5 Å². The minimum atomic E-state index is -0.953. The molecule has 1 saturated heterocycles. The molecule has 38 heavy (non-hydrogen) atoms. The van der Waals surface area contributed by atoms with Crippen LogP contribution in [-0.2, 0) is 9.53 Å². The number of nitrogens with zero attached hydrogens (tertiary/aromatic N) is 1. The predicted octanol–water partition coefficient (Wildman–Crippen LogP) is 3.88. The van der Waals surface area contributed by atoms with E-state index in [0.717, 1.165) is 43.8 Å². The summed E-state index contributed by atoms with van der Waals surface area (Å²) in [4.78, 5) is 27.5. The molecule has 1 heterocycles. The topological polar surface area (TPSA) is 79.9 Å². The SMILES string of the molecule is COc1ccc([C@@H]2CC2(C)CNCCCC[C@H](NC(=O)c2ccc(F)cc2F)C(=O)N2CCOCC2)cc1. The lowest BCUT2D eigenvalue weighted by molar-refractivity contribution is -0.137. The van der Waals surface area contributed by atoms with Crippen molar-refractivity contribution in [2.24, 2.45) is 5.41 Å². The molecule has 0 aromatic heterocycles. The van der Waals surface area contributed by atoms with Gasteiger partial charge in [0.25, 0.3) is 5.91 Å². The Morgan fingerprint density at radius 3 is 2.55 bits per heavy atom. The Bertz CT molecular complexity index is 1110. The average molecular weight is 530 g/mol. The molecule has 1 saturated carbocycles. The van der Waals surface area contributed by atoms with Crippen LogP contribution in [0.25, 0.3) is 0 Å². The van der Waals surface area contributed by atoms with E-state index >= 15 is 0 Å². The molecule has 9 heteroatoms. The van der Waals surface area contributed by atoms with Crippen molar-refractivity contribution in [3.63, 3.8) is 0 Å². The maximum Gasteiger partial charge on any atom is 0.254 e. The van der Waals surface area contributed by atoms with Crippen LogP contribution in [0.5, 0.6) is 5.75 Å². The fourth-order valence-electron chi connectivity index (χ4n) is 5.10. The number of carbonyl (C=O) groups excluding carboxylic acids is 2. The number of carbonyl (C=O) groups is 2. The molecule has 2 amide bonds. The maximum atomic E-state index is 14.1. The Morgan fingerprint density at radius 1 is 1.13 bits per heavy atom. The van der Waals surface area contributed by atoms with Crippen molar-refractivity contribution in [2.75, 3.05) is 46.5 Å². The second-order valence-corrected chi connectivity index (χ2v) is 10.4. The normalized spacial score (nSPS) is 21.6. The van der Waals surface area contributed by atoms with Crippen LogP contribution < -0.4 is 15.4 Å². The molecule has 0 bridgehead atoms. The van der Waals surface area contributed by atoms with Gasteiger partial charge in [-0.3, -0.25) is 9.59 Å². The third-order valence-corrected chi connectivity index (χ3v) is 7.60. The number of ether oxygens (including phenoxy) is 2. The van der Waals surface area contributed by atoms with E-state index in [9.17, 15) is 18.4 Å². The second kappa shape index (κ2) is 12.7. The Balaban J connectivity index is 1.25. The number of morpholine rings is 1. The van der Waals surface area contributed by atoms with Gasteiger partial charge >= 0.3 is 0 Å². The summed E-state index contributed by atoms with van der Waals surface area (Å²) >= 11 is 0. The molecule has 1 aliphatic heterocycles. The van der Waals surface area contributed by atoms with E-state index in [1.54, 1.807) is 12.0 Å². The highest BCUT2D eigenvalue weighted by molar-refractivity contribution is 5.97. The summed E-state index contributed by atoms with van der Waals surface area (Å²) in [6.45, 7) is 5.77. The van der Waals surface area contributed by atoms with Gasteiger partial charge in [0, 0.05) is 25.7 Å². The van der Waals surface area contributed by atoms with Gasteiger partial charge in [-0.2, -0.15) is 0 Å². The fourth-order valence-corrected chi connectivity index (χ4v) is 5.10. The van der Waals surface area contributed by atoms with Crippen molar-refractivity contribution in [2.45, 2.75) is 44.6 Å². The summed E-state index contributed by atoms with van der Waals surface area (Å²) in [6.07, 6.45) is 3.10. The third kappa shape index (κ3) is 7.08. The summed E-state index contributed by atoms with van der Waals surface area (Å²) in [5.74, 6) is -1.26. The number of hydrogen-bond donors (Lipinski definition) is 2. The zero-order chi connectivity index (χ0) is 27.1. The van der Waals surface area contributed by atoms with E-state index in [1.807, 2.05) is 12.1 Å². The molecule has 1 aliphatic carbocycles. The molecular weight excluding hydrogens is 492 g/mol. The highest BCUT2D eigenvalue weighted by atomic mass is 19.1. The lowest BCUT2D eigenvalue weighted by Gasteiger charge is -2.31. The highest BCUT2D eigenvalue weighted by Crippen LogP contribution is 2.58. The molecule has 2 aliphatic rings. The second-order valence-electron chi connectivity index (χ2n) is 10.4. The molecule has 2 aromatic rings. The van der Waals surface area contributed by atoms with E-state index in [4.69, 9.17) is 9.47 Å². The lowest BCUT2D eigenvalue weighted by Crippen LogP contribution is -2.51. The van der Waals surface area contributed by atoms with E-state index in [-0.39, 0.29) is 16.9 Å². The number of methoxy groups -OCH3 is 1. The van der Waals surface area contributed by atoms with Crippen molar-refractivity contribution >= 4 is 11.8 Å². The Morgan fingerprint density at radius 2 is 1.87 bits per heavy atom. The van der Waals surface area contributed by atoms with Crippen molar-refractivity contribution in [3.05, 3.63) is 65.2 Å². The molecular formula is C29H37F2N3O4.